The minimum absolute atomic E-state index is 0. The van der Waals surface area contributed by atoms with Crippen molar-refractivity contribution in [2.45, 2.75) is 11.7 Å². The molecule has 15 heavy (non-hydrogen) atoms. The molecule has 1 rings (SSSR count). The summed E-state index contributed by atoms with van der Waals surface area (Å²) in [5.74, 6) is 0. The molecule has 1 atom stereocenters. The molecule has 78 valence electrons. The van der Waals surface area contributed by atoms with Crippen LogP contribution in [0.2, 0.25) is 0 Å². The van der Waals surface area contributed by atoms with Gasteiger partial charge in [-0.05, 0) is 17.7 Å². The monoisotopic (exact) mass is 306 g/mol. The molecule has 0 bridgehead atoms. The summed E-state index contributed by atoms with van der Waals surface area (Å²) in [7, 11) is 0. The first-order valence-corrected chi connectivity index (χ1v) is 5.50. The largest absolute Gasteiger partial charge is 1.00 e. The van der Waals surface area contributed by atoms with Crippen molar-refractivity contribution in [1.82, 2.24) is 0 Å². The normalized spacial score (nSPS) is 13.1. The summed E-state index contributed by atoms with van der Waals surface area (Å²) >= 11 is -0.232. The van der Waals surface area contributed by atoms with E-state index in [0.29, 0.717) is 0 Å². The van der Waals surface area contributed by atoms with Crippen molar-refractivity contribution in [2.75, 3.05) is 0 Å². The molecule has 0 heterocycles. The van der Waals surface area contributed by atoms with Gasteiger partial charge >= 0.3 is 34.8 Å². The molecule has 1 aromatic rings. The number of halogens is 3. The van der Waals surface area contributed by atoms with Crippen LogP contribution in [0.15, 0.2) is 28.7 Å². The maximum atomic E-state index is 12.7. The van der Waals surface area contributed by atoms with Gasteiger partial charge in [0, 0.05) is 22.0 Å². The van der Waals surface area contributed by atoms with Crippen molar-refractivity contribution in [2.24, 2.45) is 0 Å². The molecule has 0 radical (unpaired) electrons. The van der Waals surface area contributed by atoms with Crippen LogP contribution in [0.1, 0.15) is 5.56 Å². The molecule has 0 saturated carbocycles. The van der Waals surface area contributed by atoms with Crippen LogP contribution in [-0.2, 0) is 17.5 Å². The average molecular weight is 307 g/mol. The van der Waals surface area contributed by atoms with Crippen LogP contribution in [0, 0.1) is 0 Å². The summed E-state index contributed by atoms with van der Waals surface area (Å²) in [6, 6.07) is 6.06. The minimum atomic E-state index is -3.70. The van der Waals surface area contributed by atoms with Gasteiger partial charge in [0.15, 0.2) is 0 Å². The average Bonchev–Trinajstić information content (AvgIpc) is 2.08. The Balaban J connectivity index is 0.00000196. The molecule has 0 saturated heterocycles. The first-order chi connectivity index (χ1) is 6.42. The van der Waals surface area contributed by atoms with Crippen LogP contribution in [0.5, 0.6) is 0 Å². The molecule has 0 fully saturated rings. The zero-order valence-electron chi connectivity index (χ0n) is 7.88. The molecule has 0 amide bonds. The molecule has 0 N–H and O–H groups in total. The Morgan fingerprint density at radius 3 is 2.20 bits per heavy atom. The van der Waals surface area contributed by atoms with Gasteiger partial charge < -0.3 is 4.55 Å². The summed E-state index contributed by atoms with van der Waals surface area (Å²) in [5.41, 5.74) is 0.280. The van der Waals surface area contributed by atoms with Crippen LogP contribution in [-0.4, -0.2) is 14.0 Å². The van der Waals surface area contributed by atoms with E-state index in [1.807, 2.05) is 0 Å². The van der Waals surface area contributed by atoms with E-state index in [-0.39, 0.29) is 35.1 Å². The molecule has 0 aromatic heterocycles. The fourth-order valence-corrected chi connectivity index (χ4v) is 1.45. The number of benzene rings is 1. The van der Waals surface area contributed by atoms with Gasteiger partial charge in [0.2, 0.25) is 0 Å². The Morgan fingerprint density at radius 1 is 1.33 bits per heavy atom. The van der Waals surface area contributed by atoms with Crippen molar-refractivity contribution in [3.63, 3.8) is 0 Å². The van der Waals surface area contributed by atoms with Gasteiger partial charge in [-0.1, -0.05) is 28.1 Å². The maximum absolute atomic E-state index is 12.7. The summed E-state index contributed by atoms with van der Waals surface area (Å²) in [6.45, 7) is 0. The molecule has 2 nitrogen and oxygen atoms in total. The topological polar surface area (TPSA) is 40.1 Å². The van der Waals surface area contributed by atoms with Crippen molar-refractivity contribution in [3.8, 4) is 0 Å². The predicted octanol–water partition coefficient (Wildman–Crippen LogP) is -0.533. The first kappa shape index (κ1) is 15.7. The van der Waals surface area contributed by atoms with Gasteiger partial charge in [-0.25, -0.2) is 0 Å². The van der Waals surface area contributed by atoms with Crippen molar-refractivity contribution in [1.29, 1.82) is 0 Å². The molecular formula is C8H6BrF2NaO2S. The van der Waals surface area contributed by atoms with Crippen molar-refractivity contribution < 1.29 is 47.1 Å². The SMILES string of the molecule is O=S([O-])C(F)(F)Cc1ccc(Br)cc1.[Na+]. The molecule has 1 unspecified atom stereocenters. The molecule has 0 aliphatic heterocycles. The minimum Gasteiger partial charge on any atom is -0.768 e. The van der Waals surface area contributed by atoms with E-state index in [2.05, 4.69) is 15.9 Å². The standard InChI is InChI=1S/C8H7BrF2O2S.Na/c9-7-3-1-6(2-4-7)5-8(10,11)14(12)13;/h1-4H,5H2,(H,12,13);/q;+1/p-1. The molecule has 0 spiro atoms. The second-order valence-electron chi connectivity index (χ2n) is 2.68. The van der Waals surface area contributed by atoms with Crippen LogP contribution in [0.4, 0.5) is 8.78 Å². The van der Waals surface area contributed by atoms with E-state index in [0.717, 1.165) is 4.47 Å². The van der Waals surface area contributed by atoms with E-state index in [9.17, 15) is 17.5 Å². The summed E-state index contributed by atoms with van der Waals surface area (Å²) in [5, 5.41) is -3.70. The summed E-state index contributed by atoms with van der Waals surface area (Å²) in [6.07, 6.45) is -0.795. The second-order valence-corrected chi connectivity index (χ2v) is 4.66. The number of alkyl halides is 2. The van der Waals surface area contributed by atoms with Crippen LogP contribution >= 0.6 is 15.9 Å². The third kappa shape index (κ3) is 5.01. The first-order valence-electron chi connectivity index (χ1n) is 3.63. The summed E-state index contributed by atoms with van der Waals surface area (Å²) in [4.78, 5) is 0. The smallest absolute Gasteiger partial charge is 0.768 e. The van der Waals surface area contributed by atoms with Crippen molar-refractivity contribution in [3.05, 3.63) is 34.3 Å². The fourth-order valence-electron chi connectivity index (χ4n) is 0.899. The van der Waals surface area contributed by atoms with Gasteiger partial charge in [0.1, 0.15) is 0 Å². The van der Waals surface area contributed by atoms with Gasteiger partial charge in [0.05, 0.1) is 0 Å². The van der Waals surface area contributed by atoms with E-state index in [1.54, 1.807) is 12.1 Å². The Kier molecular flexibility index (Phi) is 6.70. The van der Waals surface area contributed by atoms with E-state index in [4.69, 9.17) is 0 Å². The maximum Gasteiger partial charge on any atom is 1.00 e. The van der Waals surface area contributed by atoms with Gasteiger partial charge in [-0.2, -0.15) is 8.78 Å². The van der Waals surface area contributed by atoms with Crippen molar-refractivity contribution >= 4 is 27.0 Å². The fraction of sp³-hybridized carbons (Fsp3) is 0.250. The van der Waals surface area contributed by atoms with E-state index in [1.165, 1.54) is 12.1 Å². The van der Waals surface area contributed by atoms with Gasteiger partial charge in [0.25, 0.3) is 0 Å². The zero-order valence-corrected chi connectivity index (χ0v) is 12.3. The predicted molar refractivity (Wildman–Crippen MR) is 51.7 cm³/mol. The van der Waals surface area contributed by atoms with Crippen LogP contribution in [0.25, 0.3) is 0 Å². The summed E-state index contributed by atoms with van der Waals surface area (Å²) < 4.78 is 46.4. The Hall–Kier alpha value is 0.670. The Bertz CT molecular complexity index is 345. The Morgan fingerprint density at radius 2 is 1.80 bits per heavy atom. The van der Waals surface area contributed by atoms with Gasteiger partial charge in [-0.15, -0.1) is 0 Å². The molecule has 0 aliphatic carbocycles. The quantitative estimate of drug-likeness (QED) is 0.556. The van der Waals surface area contributed by atoms with Crippen LogP contribution < -0.4 is 29.6 Å². The van der Waals surface area contributed by atoms with E-state index < -0.39 is 22.8 Å². The Labute approximate surface area is 119 Å². The molecule has 7 heteroatoms. The number of hydrogen-bond donors (Lipinski definition) is 0. The second kappa shape index (κ2) is 6.42. The number of hydrogen-bond acceptors (Lipinski definition) is 2. The molecule has 0 aliphatic rings. The molecule has 1 aromatic carbocycles. The number of rotatable bonds is 3. The van der Waals surface area contributed by atoms with Gasteiger partial charge in [-0.3, -0.25) is 4.21 Å². The molecular weight excluding hydrogens is 301 g/mol. The van der Waals surface area contributed by atoms with E-state index >= 15 is 0 Å². The third-order valence-corrected chi connectivity index (χ3v) is 2.73. The van der Waals surface area contributed by atoms with Crippen LogP contribution in [0.3, 0.4) is 0 Å². The third-order valence-electron chi connectivity index (χ3n) is 1.57. The zero-order chi connectivity index (χ0) is 10.8.